The van der Waals surface area contributed by atoms with Crippen LogP contribution in [0.4, 0.5) is 5.69 Å². The molecule has 0 N–H and O–H groups in total. The highest BCUT2D eigenvalue weighted by Crippen LogP contribution is 2.38. The number of carbonyl (C=O) groups excluding carboxylic acids is 3. The second-order valence-electron chi connectivity index (χ2n) is 6.58. The van der Waals surface area contributed by atoms with Crippen molar-refractivity contribution in [2.75, 3.05) is 26.2 Å². The quantitative estimate of drug-likeness (QED) is 0.468. The minimum absolute atomic E-state index is 0.268. The van der Waals surface area contributed by atoms with E-state index in [-0.39, 0.29) is 11.1 Å². The van der Waals surface area contributed by atoms with Crippen LogP contribution in [-0.4, -0.2) is 39.2 Å². The fourth-order valence-corrected chi connectivity index (χ4v) is 3.55. The molecule has 0 saturated heterocycles. The lowest BCUT2D eigenvalue weighted by Gasteiger charge is -2.30. The molecule has 0 aliphatic carbocycles. The smallest absolute Gasteiger partial charge is 0.337 e. The maximum Gasteiger partial charge on any atom is 0.337 e. The fourth-order valence-electron chi connectivity index (χ4n) is 3.28. The molecule has 0 amide bonds. The van der Waals surface area contributed by atoms with Crippen LogP contribution in [0.5, 0.6) is 0 Å². The Labute approximate surface area is 188 Å². The third-order valence-electron chi connectivity index (χ3n) is 4.81. The molecule has 0 bridgehead atoms. The number of ether oxygens (including phenoxy) is 3. The summed E-state index contributed by atoms with van der Waals surface area (Å²) in [6, 6.07) is 13.9. The average Bonchev–Trinajstić information content (AvgIpc) is 2.82. The predicted molar refractivity (Wildman–Crippen MR) is 117 cm³/mol. The summed E-state index contributed by atoms with van der Waals surface area (Å²) in [5.74, 6) is -2.27. The summed E-state index contributed by atoms with van der Waals surface area (Å²) in [5.41, 5.74) is 2.28. The van der Waals surface area contributed by atoms with E-state index < -0.39 is 23.8 Å². The maximum absolute atomic E-state index is 12.7. The third-order valence-corrected chi connectivity index (χ3v) is 5.34. The molecule has 0 radical (unpaired) electrons. The number of hydrogen-bond donors (Lipinski definition) is 0. The van der Waals surface area contributed by atoms with Gasteiger partial charge in [-0.05, 0) is 42.0 Å². The normalized spacial score (nSPS) is 13.7. The molecule has 7 nitrogen and oxygen atoms in total. The lowest BCUT2D eigenvalue weighted by Crippen LogP contribution is -2.28. The lowest BCUT2D eigenvalue weighted by molar-refractivity contribution is -0.137. The number of rotatable bonds is 5. The summed E-state index contributed by atoms with van der Waals surface area (Å²) in [5, 5.41) is 0. The van der Waals surface area contributed by atoms with Gasteiger partial charge in [0.15, 0.2) is 0 Å². The first-order chi connectivity index (χ1) is 14.9. The number of benzene rings is 2. The SMILES string of the molecule is COC(=O)C1=CN(c2ccc(C(=O)OC)cc2)C=C(C(=O)OC)C1c1ccc(Br)cc1. The molecule has 0 atom stereocenters. The van der Waals surface area contributed by atoms with Crippen LogP contribution in [0.2, 0.25) is 0 Å². The van der Waals surface area contributed by atoms with E-state index in [0.29, 0.717) is 11.3 Å². The first-order valence-corrected chi connectivity index (χ1v) is 10.0. The molecular weight excluding hydrogens is 466 g/mol. The Morgan fingerprint density at radius 2 is 1.23 bits per heavy atom. The summed E-state index contributed by atoms with van der Waals surface area (Å²) in [6.07, 6.45) is 3.22. The van der Waals surface area contributed by atoms with Crippen molar-refractivity contribution in [2.24, 2.45) is 0 Å². The van der Waals surface area contributed by atoms with Gasteiger partial charge in [-0.1, -0.05) is 28.1 Å². The van der Waals surface area contributed by atoms with Gasteiger partial charge in [0.05, 0.1) is 44.0 Å². The number of methoxy groups -OCH3 is 3. The van der Waals surface area contributed by atoms with Gasteiger partial charge < -0.3 is 19.1 Å². The van der Waals surface area contributed by atoms with Gasteiger partial charge in [0.25, 0.3) is 0 Å². The summed E-state index contributed by atoms with van der Waals surface area (Å²) >= 11 is 3.39. The number of esters is 3. The summed E-state index contributed by atoms with van der Waals surface area (Å²) in [6.45, 7) is 0. The van der Waals surface area contributed by atoms with Crippen molar-refractivity contribution in [1.82, 2.24) is 0 Å². The molecule has 8 heteroatoms. The molecule has 0 unspecified atom stereocenters. The van der Waals surface area contributed by atoms with E-state index in [1.807, 2.05) is 24.3 Å². The maximum atomic E-state index is 12.7. The Kier molecular flexibility index (Phi) is 6.91. The van der Waals surface area contributed by atoms with Crippen molar-refractivity contribution in [1.29, 1.82) is 0 Å². The van der Waals surface area contributed by atoms with Crippen molar-refractivity contribution >= 4 is 39.5 Å². The first kappa shape index (κ1) is 22.3. The van der Waals surface area contributed by atoms with Crippen LogP contribution in [-0.2, 0) is 23.8 Å². The Hall–Kier alpha value is -3.39. The van der Waals surface area contributed by atoms with Crippen LogP contribution in [0.15, 0.2) is 76.5 Å². The van der Waals surface area contributed by atoms with Crippen molar-refractivity contribution in [3.8, 4) is 0 Å². The van der Waals surface area contributed by atoms with Gasteiger partial charge in [0, 0.05) is 22.6 Å². The van der Waals surface area contributed by atoms with Gasteiger partial charge in [-0.2, -0.15) is 0 Å². The zero-order valence-electron chi connectivity index (χ0n) is 17.1. The van der Waals surface area contributed by atoms with Gasteiger partial charge in [-0.3, -0.25) is 0 Å². The number of halogens is 1. The van der Waals surface area contributed by atoms with Gasteiger partial charge in [-0.25, -0.2) is 14.4 Å². The van der Waals surface area contributed by atoms with Gasteiger partial charge in [0.1, 0.15) is 0 Å². The van der Waals surface area contributed by atoms with E-state index in [2.05, 4.69) is 15.9 Å². The largest absolute Gasteiger partial charge is 0.466 e. The highest BCUT2D eigenvalue weighted by molar-refractivity contribution is 9.10. The second-order valence-corrected chi connectivity index (χ2v) is 7.50. The van der Waals surface area contributed by atoms with Gasteiger partial charge >= 0.3 is 17.9 Å². The molecule has 3 rings (SSSR count). The van der Waals surface area contributed by atoms with Gasteiger partial charge in [0.2, 0.25) is 0 Å². The monoisotopic (exact) mass is 485 g/mol. The van der Waals surface area contributed by atoms with Crippen LogP contribution in [0, 0.1) is 0 Å². The molecule has 31 heavy (non-hydrogen) atoms. The van der Waals surface area contributed by atoms with Crippen molar-refractivity contribution in [3.05, 3.63) is 87.7 Å². The summed E-state index contributed by atoms with van der Waals surface area (Å²) in [4.78, 5) is 38.7. The standard InChI is InChI=1S/C23H20BrNO6/c1-29-21(26)15-6-10-17(11-7-15)25-12-18(22(27)30-2)20(19(13-25)23(28)31-3)14-4-8-16(24)9-5-14/h4-13,20H,1-3H3. The molecule has 0 fully saturated rings. The van der Waals surface area contributed by atoms with Crippen LogP contribution in [0.25, 0.3) is 0 Å². The molecule has 1 heterocycles. The Morgan fingerprint density at radius 1 is 0.742 bits per heavy atom. The van der Waals surface area contributed by atoms with E-state index in [4.69, 9.17) is 14.2 Å². The fraction of sp³-hybridized carbons (Fsp3) is 0.174. The zero-order chi connectivity index (χ0) is 22.5. The number of anilines is 1. The third kappa shape index (κ3) is 4.69. The Balaban J connectivity index is 2.11. The first-order valence-electron chi connectivity index (χ1n) is 9.21. The molecule has 160 valence electrons. The van der Waals surface area contributed by atoms with E-state index in [1.165, 1.54) is 21.3 Å². The van der Waals surface area contributed by atoms with Crippen LogP contribution in [0.3, 0.4) is 0 Å². The van der Waals surface area contributed by atoms with Crippen molar-refractivity contribution in [2.45, 2.75) is 5.92 Å². The minimum atomic E-state index is -0.668. The van der Waals surface area contributed by atoms with Crippen LogP contribution < -0.4 is 4.90 Å². The van der Waals surface area contributed by atoms with E-state index >= 15 is 0 Å². The van der Waals surface area contributed by atoms with Crippen molar-refractivity contribution < 1.29 is 28.6 Å². The van der Waals surface area contributed by atoms with Gasteiger partial charge in [-0.15, -0.1) is 0 Å². The zero-order valence-corrected chi connectivity index (χ0v) is 18.7. The van der Waals surface area contributed by atoms with Crippen LogP contribution >= 0.6 is 15.9 Å². The predicted octanol–water partition coefficient (Wildman–Crippen LogP) is 3.95. The number of carbonyl (C=O) groups is 3. The van der Waals surface area contributed by atoms with E-state index in [1.54, 1.807) is 41.6 Å². The molecule has 1 aliphatic rings. The highest BCUT2D eigenvalue weighted by atomic mass is 79.9. The molecule has 2 aromatic rings. The van der Waals surface area contributed by atoms with E-state index in [9.17, 15) is 14.4 Å². The molecular formula is C23H20BrNO6. The van der Waals surface area contributed by atoms with Crippen LogP contribution in [0.1, 0.15) is 21.8 Å². The second kappa shape index (κ2) is 9.61. The summed E-state index contributed by atoms with van der Waals surface area (Å²) < 4.78 is 15.6. The Morgan fingerprint density at radius 3 is 1.68 bits per heavy atom. The summed E-state index contributed by atoms with van der Waals surface area (Å²) in [7, 11) is 3.88. The van der Waals surface area contributed by atoms with E-state index in [0.717, 1.165) is 10.0 Å². The number of hydrogen-bond acceptors (Lipinski definition) is 7. The highest BCUT2D eigenvalue weighted by Gasteiger charge is 2.35. The number of nitrogens with zero attached hydrogens (tertiary/aromatic N) is 1. The lowest BCUT2D eigenvalue weighted by atomic mass is 9.83. The molecule has 1 aliphatic heterocycles. The topological polar surface area (TPSA) is 82.1 Å². The molecule has 0 aromatic heterocycles. The molecule has 0 saturated carbocycles. The minimum Gasteiger partial charge on any atom is -0.466 e. The average molecular weight is 486 g/mol. The molecule has 2 aromatic carbocycles. The molecule has 0 spiro atoms. The van der Waals surface area contributed by atoms with Crippen molar-refractivity contribution in [3.63, 3.8) is 0 Å². The Bertz CT molecular complexity index is 1020.